The van der Waals surface area contributed by atoms with Gasteiger partial charge in [-0.3, -0.25) is 4.79 Å². The van der Waals surface area contributed by atoms with E-state index in [1.54, 1.807) is 42.3 Å². The third kappa shape index (κ3) is 3.96. The van der Waals surface area contributed by atoms with Gasteiger partial charge in [0.15, 0.2) is 6.61 Å². The summed E-state index contributed by atoms with van der Waals surface area (Å²) in [7, 11) is 1.62. The molecule has 30 heavy (non-hydrogen) atoms. The average molecular weight is 444 g/mol. The van der Waals surface area contributed by atoms with Crippen LogP contribution in [0.4, 0.5) is 0 Å². The molecule has 0 spiro atoms. The second kappa shape index (κ2) is 8.33. The van der Waals surface area contributed by atoms with Crippen LogP contribution in [0, 0.1) is 6.92 Å². The van der Waals surface area contributed by atoms with Crippen molar-refractivity contribution >= 4 is 45.0 Å². The smallest absolute Gasteiger partial charge is 0.348 e. The highest BCUT2D eigenvalue weighted by molar-refractivity contribution is 7.20. The van der Waals surface area contributed by atoms with Gasteiger partial charge in [0.1, 0.15) is 15.5 Å². The predicted molar refractivity (Wildman–Crippen MR) is 114 cm³/mol. The number of fused-ring (bicyclic) bond motifs is 1. The maximum Gasteiger partial charge on any atom is 0.348 e. The van der Waals surface area contributed by atoms with Crippen molar-refractivity contribution in [3.05, 3.63) is 70.1 Å². The molecule has 0 aliphatic heterocycles. The van der Waals surface area contributed by atoms with Crippen LogP contribution in [-0.2, 0) is 16.1 Å². The molecule has 154 valence electrons. The zero-order valence-corrected chi connectivity index (χ0v) is 17.9. The van der Waals surface area contributed by atoms with Crippen molar-refractivity contribution in [1.82, 2.24) is 14.7 Å². The zero-order chi connectivity index (χ0) is 21.3. The molecule has 9 heteroatoms. The molecule has 0 unspecified atom stereocenters. The summed E-state index contributed by atoms with van der Waals surface area (Å²) in [6, 6.07) is 12.6. The van der Waals surface area contributed by atoms with Crippen LogP contribution in [0.5, 0.6) is 0 Å². The first-order valence-corrected chi connectivity index (χ1v) is 10.3. The second-order valence-corrected chi connectivity index (χ2v) is 8.12. The van der Waals surface area contributed by atoms with Crippen molar-refractivity contribution in [3.8, 4) is 5.69 Å². The molecule has 4 rings (SSSR count). The van der Waals surface area contributed by atoms with E-state index in [2.05, 4.69) is 5.10 Å². The van der Waals surface area contributed by atoms with E-state index >= 15 is 0 Å². The molecule has 0 aliphatic rings. The summed E-state index contributed by atoms with van der Waals surface area (Å²) in [5, 5.41) is 5.94. The van der Waals surface area contributed by atoms with Crippen LogP contribution in [0.15, 0.2) is 53.1 Å². The molecular weight excluding hydrogens is 426 g/mol. The van der Waals surface area contributed by atoms with Gasteiger partial charge in [-0.15, -0.1) is 11.3 Å². The Balaban J connectivity index is 1.48. The van der Waals surface area contributed by atoms with E-state index in [1.165, 1.54) is 16.2 Å². The van der Waals surface area contributed by atoms with E-state index in [0.717, 1.165) is 21.6 Å². The number of rotatable bonds is 6. The lowest BCUT2D eigenvalue weighted by Crippen LogP contribution is -2.30. The van der Waals surface area contributed by atoms with Gasteiger partial charge in [-0.05, 0) is 37.3 Å². The minimum Gasteiger partial charge on any atom is -0.467 e. The molecule has 4 aromatic rings. The quantitative estimate of drug-likeness (QED) is 0.411. The van der Waals surface area contributed by atoms with Gasteiger partial charge in [0.25, 0.3) is 5.91 Å². The van der Waals surface area contributed by atoms with Gasteiger partial charge in [0.2, 0.25) is 0 Å². The van der Waals surface area contributed by atoms with Crippen LogP contribution in [-0.4, -0.2) is 40.2 Å². The Hall–Kier alpha value is -3.10. The largest absolute Gasteiger partial charge is 0.467 e. The lowest BCUT2D eigenvalue weighted by molar-refractivity contribution is -0.133. The maximum absolute atomic E-state index is 12.5. The fourth-order valence-electron chi connectivity index (χ4n) is 2.97. The number of halogens is 1. The van der Waals surface area contributed by atoms with Crippen LogP contribution < -0.4 is 0 Å². The number of aromatic nitrogens is 2. The summed E-state index contributed by atoms with van der Waals surface area (Å²) < 4.78 is 12.2. The van der Waals surface area contributed by atoms with Gasteiger partial charge in [-0.25, -0.2) is 9.48 Å². The number of aryl methyl sites for hydroxylation is 1. The predicted octanol–water partition coefficient (Wildman–Crippen LogP) is 4.46. The van der Waals surface area contributed by atoms with Gasteiger partial charge in [0.05, 0.1) is 29.2 Å². The van der Waals surface area contributed by atoms with Crippen LogP contribution >= 0.6 is 22.9 Å². The molecule has 1 amide bonds. The van der Waals surface area contributed by atoms with Crippen molar-refractivity contribution in [1.29, 1.82) is 0 Å². The molecule has 3 aromatic heterocycles. The molecule has 0 N–H and O–H groups in total. The van der Waals surface area contributed by atoms with E-state index in [-0.39, 0.29) is 12.5 Å². The van der Waals surface area contributed by atoms with E-state index in [4.69, 9.17) is 20.8 Å². The monoisotopic (exact) mass is 443 g/mol. The van der Waals surface area contributed by atoms with Crippen molar-refractivity contribution in [2.45, 2.75) is 13.5 Å². The van der Waals surface area contributed by atoms with Crippen LogP contribution in [0.1, 0.15) is 21.1 Å². The molecule has 0 atom stereocenters. The summed E-state index contributed by atoms with van der Waals surface area (Å²) >= 11 is 7.55. The molecule has 0 radical (unpaired) electrons. The number of benzene rings is 1. The first kappa shape index (κ1) is 20.2. The number of ether oxygens (including phenoxy) is 1. The van der Waals surface area contributed by atoms with Gasteiger partial charge in [-0.2, -0.15) is 5.10 Å². The Morgan fingerprint density at radius 3 is 2.80 bits per heavy atom. The highest BCUT2D eigenvalue weighted by Crippen LogP contribution is 2.32. The topological polar surface area (TPSA) is 77.6 Å². The van der Waals surface area contributed by atoms with E-state index in [1.807, 2.05) is 25.1 Å². The molecule has 3 heterocycles. The first-order valence-electron chi connectivity index (χ1n) is 9.11. The SMILES string of the molecule is Cc1nn(-c2ccccc2Cl)c2sc(C(=O)OCC(=O)N(C)Cc3ccco3)cc12. The zero-order valence-electron chi connectivity index (χ0n) is 16.3. The second-order valence-electron chi connectivity index (χ2n) is 6.68. The van der Waals surface area contributed by atoms with Crippen LogP contribution in [0.3, 0.4) is 0 Å². The van der Waals surface area contributed by atoms with Crippen molar-refractivity contribution in [3.63, 3.8) is 0 Å². The fraction of sp³-hybridized carbons (Fsp3) is 0.190. The molecule has 0 aliphatic carbocycles. The van der Waals surface area contributed by atoms with Crippen molar-refractivity contribution in [2.24, 2.45) is 0 Å². The summed E-state index contributed by atoms with van der Waals surface area (Å²) in [6.07, 6.45) is 1.54. The number of likely N-dealkylation sites (N-methyl/N-ethyl adjacent to an activating group) is 1. The maximum atomic E-state index is 12.5. The number of hydrogen-bond donors (Lipinski definition) is 0. The Kier molecular flexibility index (Phi) is 5.61. The lowest BCUT2D eigenvalue weighted by atomic mass is 10.3. The van der Waals surface area contributed by atoms with E-state index in [9.17, 15) is 9.59 Å². The van der Waals surface area contributed by atoms with Crippen molar-refractivity contribution in [2.75, 3.05) is 13.7 Å². The number of furan rings is 1. The number of carbonyl (C=O) groups excluding carboxylic acids is 2. The molecule has 1 aromatic carbocycles. The molecule has 0 fully saturated rings. The Labute approximate surface area is 181 Å². The van der Waals surface area contributed by atoms with E-state index in [0.29, 0.717) is 22.2 Å². The van der Waals surface area contributed by atoms with Gasteiger partial charge >= 0.3 is 5.97 Å². The average Bonchev–Trinajstić information content (AvgIpc) is 3.45. The van der Waals surface area contributed by atoms with Gasteiger partial charge in [0, 0.05) is 12.4 Å². The third-order valence-electron chi connectivity index (χ3n) is 4.55. The minimum absolute atomic E-state index is 0.305. The Morgan fingerprint density at radius 2 is 2.07 bits per heavy atom. The van der Waals surface area contributed by atoms with Crippen molar-refractivity contribution < 1.29 is 18.7 Å². The molecular formula is C21H18ClN3O4S. The summed E-state index contributed by atoms with van der Waals surface area (Å²) in [5.41, 5.74) is 1.50. The standard InChI is InChI=1S/C21H18ClN3O4S/c1-13-15-10-18(30-20(15)25(23-13)17-8-4-3-7-16(17)22)21(27)29-12-19(26)24(2)11-14-6-5-9-28-14/h3-10H,11-12H2,1-2H3. The fourth-order valence-corrected chi connectivity index (χ4v) is 4.25. The highest BCUT2D eigenvalue weighted by Gasteiger charge is 2.20. The normalized spacial score (nSPS) is 11.0. The van der Waals surface area contributed by atoms with E-state index < -0.39 is 5.97 Å². The Bertz CT molecular complexity index is 1210. The lowest BCUT2D eigenvalue weighted by Gasteiger charge is -2.15. The molecule has 7 nitrogen and oxygen atoms in total. The summed E-state index contributed by atoms with van der Waals surface area (Å²) in [4.78, 5) is 27.4. The third-order valence-corrected chi connectivity index (χ3v) is 5.96. The number of carbonyl (C=O) groups is 2. The number of hydrogen-bond acceptors (Lipinski definition) is 6. The number of para-hydroxylation sites is 1. The number of nitrogens with zero attached hydrogens (tertiary/aromatic N) is 3. The number of thiophene rings is 1. The van der Waals surface area contributed by atoms with Gasteiger partial charge in [-0.1, -0.05) is 23.7 Å². The minimum atomic E-state index is -0.555. The summed E-state index contributed by atoms with van der Waals surface area (Å²) in [6.45, 7) is 1.82. The molecule has 0 bridgehead atoms. The van der Waals surface area contributed by atoms with Gasteiger partial charge < -0.3 is 14.1 Å². The first-order chi connectivity index (χ1) is 14.4. The molecule has 0 saturated carbocycles. The number of amides is 1. The summed E-state index contributed by atoms with van der Waals surface area (Å²) in [5.74, 6) is -0.221. The highest BCUT2D eigenvalue weighted by atomic mass is 35.5. The van der Waals surface area contributed by atoms with Crippen LogP contribution in [0.25, 0.3) is 15.9 Å². The Morgan fingerprint density at radius 1 is 1.27 bits per heavy atom. The number of esters is 1. The van der Waals surface area contributed by atoms with Crippen LogP contribution in [0.2, 0.25) is 5.02 Å². The molecule has 0 saturated heterocycles.